The van der Waals surface area contributed by atoms with Crippen molar-refractivity contribution >= 4 is 6.09 Å². The summed E-state index contributed by atoms with van der Waals surface area (Å²) < 4.78 is 16.9. The van der Waals surface area contributed by atoms with E-state index in [0.717, 1.165) is 12.8 Å². The molecule has 0 aromatic carbocycles. The summed E-state index contributed by atoms with van der Waals surface area (Å²) >= 11 is 0. The molecular formula is C16H27N3O4. The van der Waals surface area contributed by atoms with Crippen LogP contribution in [-0.2, 0) is 22.5 Å². The Kier molecular flexibility index (Phi) is 5.29. The zero-order chi connectivity index (χ0) is 17.1. The summed E-state index contributed by atoms with van der Waals surface area (Å²) in [6, 6.07) is 0. The smallest absolute Gasteiger partial charge is 0.410 e. The normalized spacial score (nSPS) is 21.7. The standard InChI is InChI=1S/C16H27N3O4/c1-6-12-17-18-13(22-12)10-21-16(7-2)8-9-19(11-16)14(20)23-15(3,4)5/h6-11H2,1-5H3. The Morgan fingerprint density at radius 1 is 1.30 bits per heavy atom. The van der Waals surface area contributed by atoms with E-state index in [4.69, 9.17) is 13.9 Å². The van der Waals surface area contributed by atoms with Crippen molar-refractivity contribution in [3.8, 4) is 0 Å². The lowest BCUT2D eigenvalue weighted by atomic mass is 10.00. The summed E-state index contributed by atoms with van der Waals surface area (Å²) in [4.78, 5) is 13.9. The van der Waals surface area contributed by atoms with E-state index in [1.54, 1.807) is 4.90 Å². The Bertz CT molecular complexity index is 538. The minimum Gasteiger partial charge on any atom is -0.444 e. The van der Waals surface area contributed by atoms with Gasteiger partial charge in [0.05, 0.1) is 12.1 Å². The van der Waals surface area contributed by atoms with Crippen molar-refractivity contribution in [2.24, 2.45) is 0 Å². The van der Waals surface area contributed by atoms with Crippen LogP contribution in [0.25, 0.3) is 0 Å². The van der Waals surface area contributed by atoms with Gasteiger partial charge in [-0.3, -0.25) is 0 Å². The fourth-order valence-corrected chi connectivity index (χ4v) is 2.54. The molecule has 0 saturated carbocycles. The summed E-state index contributed by atoms with van der Waals surface area (Å²) in [6.07, 6.45) is 2.00. The molecule has 0 spiro atoms. The Morgan fingerprint density at radius 2 is 2.00 bits per heavy atom. The molecule has 2 heterocycles. The second-order valence-electron chi connectivity index (χ2n) is 6.92. The van der Waals surface area contributed by atoms with Gasteiger partial charge in [0, 0.05) is 13.0 Å². The van der Waals surface area contributed by atoms with E-state index in [-0.39, 0.29) is 18.3 Å². The van der Waals surface area contributed by atoms with Gasteiger partial charge < -0.3 is 18.8 Å². The molecule has 7 heteroatoms. The lowest BCUT2D eigenvalue weighted by Crippen LogP contribution is -2.40. The highest BCUT2D eigenvalue weighted by molar-refractivity contribution is 5.68. The predicted octanol–water partition coefficient (Wildman–Crippen LogP) is 2.94. The molecule has 1 saturated heterocycles. The average molecular weight is 325 g/mol. The first-order valence-electron chi connectivity index (χ1n) is 8.20. The van der Waals surface area contributed by atoms with Crippen LogP contribution in [0.4, 0.5) is 4.79 Å². The minimum atomic E-state index is -0.490. The average Bonchev–Trinajstić information content (AvgIpc) is 3.11. The number of nitrogens with zero attached hydrogens (tertiary/aromatic N) is 3. The van der Waals surface area contributed by atoms with Crippen molar-refractivity contribution in [1.82, 2.24) is 15.1 Å². The third kappa shape index (κ3) is 4.67. The van der Waals surface area contributed by atoms with Gasteiger partial charge in [-0.1, -0.05) is 13.8 Å². The van der Waals surface area contributed by atoms with Gasteiger partial charge in [-0.2, -0.15) is 0 Å². The summed E-state index contributed by atoms with van der Waals surface area (Å²) in [5.74, 6) is 1.08. The van der Waals surface area contributed by atoms with E-state index in [2.05, 4.69) is 17.1 Å². The van der Waals surface area contributed by atoms with Crippen molar-refractivity contribution in [3.63, 3.8) is 0 Å². The monoisotopic (exact) mass is 325 g/mol. The van der Waals surface area contributed by atoms with Crippen LogP contribution in [0.5, 0.6) is 0 Å². The van der Waals surface area contributed by atoms with Crippen molar-refractivity contribution in [3.05, 3.63) is 11.8 Å². The number of ether oxygens (including phenoxy) is 2. The van der Waals surface area contributed by atoms with Gasteiger partial charge in [-0.15, -0.1) is 10.2 Å². The molecule has 0 aliphatic carbocycles. The summed E-state index contributed by atoms with van der Waals surface area (Å²) in [6.45, 7) is 11.0. The third-order valence-electron chi connectivity index (χ3n) is 3.93. The molecule has 1 atom stereocenters. The third-order valence-corrected chi connectivity index (χ3v) is 3.93. The maximum atomic E-state index is 12.2. The Labute approximate surface area is 137 Å². The van der Waals surface area contributed by atoms with Crippen LogP contribution in [0, 0.1) is 0 Å². The molecule has 0 N–H and O–H groups in total. The first kappa shape index (κ1) is 17.7. The summed E-state index contributed by atoms with van der Waals surface area (Å²) in [5.41, 5.74) is -0.868. The van der Waals surface area contributed by atoms with E-state index in [1.165, 1.54) is 0 Å². The highest BCUT2D eigenvalue weighted by Crippen LogP contribution is 2.30. The number of carbonyl (C=O) groups excluding carboxylic acids is 1. The van der Waals surface area contributed by atoms with Gasteiger partial charge in [-0.05, 0) is 33.6 Å². The first-order valence-corrected chi connectivity index (χ1v) is 8.20. The zero-order valence-corrected chi connectivity index (χ0v) is 14.7. The molecule has 7 nitrogen and oxygen atoms in total. The molecule has 130 valence electrons. The second kappa shape index (κ2) is 6.86. The van der Waals surface area contributed by atoms with Crippen LogP contribution in [0.3, 0.4) is 0 Å². The number of rotatable bonds is 5. The van der Waals surface area contributed by atoms with Gasteiger partial charge in [0.2, 0.25) is 11.8 Å². The van der Waals surface area contributed by atoms with Crippen molar-refractivity contribution in [1.29, 1.82) is 0 Å². The second-order valence-corrected chi connectivity index (χ2v) is 6.92. The van der Waals surface area contributed by atoms with E-state index < -0.39 is 5.60 Å². The Balaban J connectivity index is 1.93. The highest BCUT2D eigenvalue weighted by Gasteiger charge is 2.41. The maximum absolute atomic E-state index is 12.2. The number of carbonyl (C=O) groups is 1. The van der Waals surface area contributed by atoms with Crippen LogP contribution < -0.4 is 0 Å². The van der Waals surface area contributed by atoms with Crippen molar-refractivity contribution < 1.29 is 18.7 Å². The molecule has 0 bridgehead atoms. The Morgan fingerprint density at radius 3 is 2.57 bits per heavy atom. The molecule has 23 heavy (non-hydrogen) atoms. The highest BCUT2D eigenvalue weighted by atomic mass is 16.6. The molecule has 1 unspecified atom stereocenters. The van der Waals surface area contributed by atoms with E-state index >= 15 is 0 Å². The Hall–Kier alpha value is -1.63. The van der Waals surface area contributed by atoms with Crippen molar-refractivity contribution in [2.75, 3.05) is 13.1 Å². The summed E-state index contributed by atoms with van der Waals surface area (Å²) in [5, 5.41) is 7.90. The van der Waals surface area contributed by atoms with Crippen LogP contribution in [0.15, 0.2) is 4.42 Å². The first-order chi connectivity index (χ1) is 10.8. The number of likely N-dealkylation sites (tertiary alicyclic amines) is 1. The van der Waals surface area contributed by atoms with Gasteiger partial charge in [0.1, 0.15) is 12.2 Å². The lowest BCUT2D eigenvalue weighted by Gasteiger charge is -2.29. The number of hydrogen-bond acceptors (Lipinski definition) is 6. The van der Waals surface area contributed by atoms with Gasteiger partial charge >= 0.3 is 6.09 Å². The van der Waals surface area contributed by atoms with Crippen LogP contribution in [0.1, 0.15) is 59.2 Å². The number of aromatic nitrogens is 2. The molecule has 0 radical (unpaired) electrons. The number of aryl methyl sites for hydroxylation is 1. The fourth-order valence-electron chi connectivity index (χ4n) is 2.54. The van der Waals surface area contributed by atoms with Crippen LogP contribution in [-0.4, -0.2) is 45.5 Å². The van der Waals surface area contributed by atoms with Gasteiger partial charge in [0.25, 0.3) is 0 Å². The number of hydrogen-bond donors (Lipinski definition) is 0. The van der Waals surface area contributed by atoms with Crippen LogP contribution in [0.2, 0.25) is 0 Å². The number of amides is 1. The quantitative estimate of drug-likeness (QED) is 0.828. The molecule has 1 aromatic heterocycles. The largest absolute Gasteiger partial charge is 0.444 e. The van der Waals surface area contributed by atoms with E-state index in [0.29, 0.717) is 31.3 Å². The molecule has 1 aromatic rings. The van der Waals surface area contributed by atoms with Crippen LogP contribution >= 0.6 is 0 Å². The molecule has 1 amide bonds. The topological polar surface area (TPSA) is 77.7 Å². The predicted molar refractivity (Wildman–Crippen MR) is 83.9 cm³/mol. The molecule has 1 aliphatic heterocycles. The summed E-state index contributed by atoms with van der Waals surface area (Å²) in [7, 11) is 0. The lowest BCUT2D eigenvalue weighted by molar-refractivity contribution is -0.0601. The molecule has 1 aliphatic rings. The van der Waals surface area contributed by atoms with Gasteiger partial charge in [0.15, 0.2) is 0 Å². The minimum absolute atomic E-state index is 0.267. The SMILES string of the molecule is CCc1nnc(COC2(CC)CCN(C(=O)OC(C)(C)C)C2)o1. The molecule has 2 rings (SSSR count). The van der Waals surface area contributed by atoms with E-state index in [9.17, 15) is 4.79 Å². The zero-order valence-electron chi connectivity index (χ0n) is 14.7. The molecular weight excluding hydrogens is 298 g/mol. The molecule has 1 fully saturated rings. The van der Waals surface area contributed by atoms with Gasteiger partial charge in [-0.25, -0.2) is 4.79 Å². The van der Waals surface area contributed by atoms with E-state index in [1.807, 2.05) is 27.7 Å². The maximum Gasteiger partial charge on any atom is 0.410 e. The van der Waals surface area contributed by atoms with Crippen molar-refractivity contribution in [2.45, 2.75) is 71.7 Å². The fraction of sp³-hybridized carbons (Fsp3) is 0.812.